The van der Waals surface area contributed by atoms with Crippen LogP contribution in [0.15, 0.2) is 60.8 Å². The summed E-state index contributed by atoms with van der Waals surface area (Å²) >= 11 is 0. The van der Waals surface area contributed by atoms with Gasteiger partial charge in [-0.2, -0.15) is 0 Å². The second kappa shape index (κ2) is 49.5. The molecule has 0 aromatic rings. The fourth-order valence-corrected chi connectivity index (χ4v) is 9.57. The predicted octanol–water partition coefficient (Wildman–Crippen LogP) is 11.6. The molecule has 0 aliphatic carbocycles. The van der Waals surface area contributed by atoms with Gasteiger partial charge in [0.15, 0.2) is 12.6 Å². The lowest BCUT2D eigenvalue weighted by Gasteiger charge is -2.42. The third kappa shape index (κ3) is 35.9. The van der Waals surface area contributed by atoms with Crippen LogP contribution in [0.5, 0.6) is 0 Å². The monoisotopic (exact) mass is 1090 g/mol. The molecule has 11 unspecified atom stereocenters. The molecule has 448 valence electrons. The van der Waals surface area contributed by atoms with Crippen LogP contribution in [0.3, 0.4) is 0 Å². The van der Waals surface area contributed by atoms with Crippen molar-refractivity contribution in [3.63, 3.8) is 0 Å². The van der Waals surface area contributed by atoms with E-state index in [0.717, 1.165) is 70.6 Å². The number of hydrogen-bond acceptors (Lipinski definition) is 14. The summed E-state index contributed by atoms with van der Waals surface area (Å²) < 4.78 is 34.5. The number of aliphatic hydroxyl groups is 7. The first-order chi connectivity index (χ1) is 37.6. The Morgan fingerprint density at radius 3 is 1.34 bits per heavy atom. The van der Waals surface area contributed by atoms with Crippen molar-refractivity contribution in [2.45, 2.75) is 300 Å². The van der Waals surface area contributed by atoms with Gasteiger partial charge in [0.1, 0.15) is 54.9 Å². The Hall–Kier alpha value is -2.31. The Balaban J connectivity index is 1.70. The lowest BCUT2D eigenvalue weighted by Crippen LogP contribution is -2.61. The van der Waals surface area contributed by atoms with Gasteiger partial charge >= 0.3 is 5.97 Å². The number of aliphatic hydroxyl groups excluding tert-OH is 7. The summed E-state index contributed by atoms with van der Waals surface area (Å²) in [5.74, 6) is -0.379. The topological polar surface area (TPSA) is 214 Å². The largest absolute Gasteiger partial charge is 0.457 e. The maximum Gasteiger partial charge on any atom is 0.306 e. The maximum absolute atomic E-state index is 13.1. The highest BCUT2D eigenvalue weighted by molar-refractivity contribution is 5.69. The zero-order valence-electron chi connectivity index (χ0n) is 48.2. The molecule has 14 heteroatoms. The lowest BCUT2D eigenvalue weighted by molar-refractivity contribution is -0.332. The summed E-state index contributed by atoms with van der Waals surface area (Å²) in [7, 11) is 0. The molecule has 2 aliphatic rings. The minimum Gasteiger partial charge on any atom is -0.457 e. The van der Waals surface area contributed by atoms with E-state index in [2.05, 4.69) is 74.6 Å². The predicted molar refractivity (Wildman–Crippen MR) is 307 cm³/mol. The average molecular weight is 1090 g/mol. The highest BCUT2D eigenvalue weighted by Crippen LogP contribution is 2.27. The van der Waals surface area contributed by atoms with E-state index in [9.17, 15) is 40.5 Å². The number of hydrogen-bond donors (Lipinski definition) is 7. The molecule has 0 saturated carbocycles. The van der Waals surface area contributed by atoms with Crippen LogP contribution >= 0.6 is 0 Å². The highest BCUT2D eigenvalue weighted by Gasteiger charge is 2.47. The number of unbranched alkanes of at least 4 members (excludes halogenated alkanes) is 26. The van der Waals surface area contributed by atoms with Crippen molar-refractivity contribution in [3.8, 4) is 0 Å². The molecular formula is C63H112O14. The van der Waals surface area contributed by atoms with Crippen LogP contribution in [0.4, 0.5) is 0 Å². The standard InChI is InChI=1S/C63H112O14/c1-3-5-7-9-11-13-15-17-19-21-23-25-27-29-31-33-35-37-39-41-43-45-47-72-49-52(50-73-62-61(71)59(69)57(67)54(77-62)51-74-63-60(70)58(68)56(66)53(48-64)76-63)75-55(65)46-44-42-40-38-36-34-32-30-28-26-24-22-20-18-16-14-12-10-8-6-4-2/h5,7,11,13,17,19,22-25,52-54,56-64,66-71H,3-4,6,8-10,12,14-16,18,20-21,26-51H2,1-2H3/b7-5-,13-11-,19-17-,24-22-,25-23-. The molecule has 7 N–H and O–H groups in total. The third-order valence-corrected chi connectivity index (χ3v) is 14.5. The molecule has 2 aliphatic heterocycles. The third-order valence-electron chi connectivity index (χ3n) is 14.5. The Kier molecular flexibility index (Phi) is 45.5. The number of allylic oxidation sites excluding steroid dienone is 10. The molecule has 2 rings (SSSR count). The van der Waals surface area contributed by atoms with Crippen LogP contribution in [0.1, 0.15) is 232 Å². The van der Waals surface area contributed by atoms with Gasteiger partial charge in [0.2, 0.25) is 0 Å². The van der Waals surface area contributed by atoms with Gasteiger partial charge in [-0.05, 0) is 77.0 Å². The Labute approximate surface area is 466 Å². The van der Waals surface area contributed by atoms with Gasteiger partial charge in [0.25, 0.3) is 0 Å². The second-order valence-corrected chi connectivity index (χ2v) is 21.5. The number of carbonyl (C=O) groups is 1. The van der Waals surface area contributed by atoms with Gasteiger partial charge in [-0.3, -0.25) is 4.79 Å². The average Bonchev–Trinajstić information content (AvgIpc) is 3.43. The van der Waals surface area contributed by atoms with E-state index in [1.54, 1.807) is 0 Å². The van der Waals surface area contributed by atoms with Crippen molar-refractivity contribution in [3.05, 3.63) is 60.8 Å². The molecule has 0 aromatic heterocycles. The van der Waals surface area contributed by atoms with Crippen molar-refractivity contribution < 1.29 is 69.0 Å². The summed E-state index contributed by atoms with van der Waals surface area (Å²) in [6.07, 6.45) is 45.6. The zero-order valence-corrected chi connectivity index (χ0v) is 48.2. The molecular weight excluding hydrogens is 981 g/mol. The maximum atomic E-state index is 13.1. The number of rotatable bonds is 50. The molecule has 14 nitrogen and oxygen atoms in total. The molecule has 2 fully saturated rings. The van der Waals surface area contributed by atoms with E-state index >= 15 is 0 Å². The summed E-state index contributed by atoms with van der Waals surface area (Å²) in [6, 6.07) is 0. The van der Waals surface area contributed by atoms with Crippen LogP contribution in [0.25, 0.3) is 0 Å². The van der Waals surface area contributed by atoms with Crippen molar-refractivity contribution in [1.29, 1.82) is 0 Å². The van der Waals surface area contributed by atoms with Crippen molar-refractivity contribution in [1.82, 2.24) is 0 Å². The zero-order chi connectivity index (χ0) is 55.8. The minimum atomic E-state index is -1.71. The molecule has 2 heterocycles. The summed E-state index contributed by atoms with van der Waals surface area (Å²) in [4.78, 5) is 13.1. The van der Waals surface area contributed by atoms with Crippen molar-refractivity contribution >= 4 is 5.97 Å². The minimum absolute atomic E-state index is 0.0554. The molecule has 0 spiro atoms. The van der Waals surface area contributed by atoms with E-state index in [4.69, 9.17) is 28.4 Å². The van der Waals surface area contributed by atoms with Crippen LogP contribution in [0.2, 0.25) is 0 Å². The molecule has 11 atom stereocenters. The van der Waals surface area contributed by atoms with Gasteiger partial charge in [-0.1, -0.05) is 209 Å². The first kappa shape index (κ1) is 70.8. The molecule has 77 heavy (non-hydrogen) atoms. The van der Waals surface area contributed by atoms with E-state index < -0.39 is 80.7 Å². The van der Waals surface area contributed by atoms with Gasteiger partial charge in [0, 0.05) is 13.0 Å². The van der Waals surface area contributed by atoms with Gasteiger partial charge in [-0.15, -0.1) is 0 Å². The normalized spacial score (nSPS) is 24.7. The van der Waals surface area contributed by atoms with Crippen LogP contribution in [-0.2, 0) is 33.2 Å². The Bertz CT molecular complexity index is 1500. The van der Waals surface area contributed by atoms with Gasteiger partial charge < -0.3 is 64.2 Å². The van der Waals surface area contributed by atoms with E-state index in [-0.39, 0.29) is 25.6 Å². The fraction of sp³-hybridized carbons (Fsp3) is 0.825. The summed E-state index contributed by atoms with van der Waals surface area (Å²) in [5, 5.41) is 72.4. The number of carbonyl (C=O) groups excluding carboxylic acids is 1. The molecule has 0 aromatic carbocycles. The first-order valence-corrected chi connectivity index (χ1v) is 30.9. The van der Waals surface area contributed by atoms with Crippen LogP contribution in [-0.4, -0.2) is 142 Å². The smallest absolute Gasteiger partial charge is 0.306 e. The SMILES string of the molecule is CC/C=C\C/C=C\C/C=C\C/C=C\CCCCCCCCCCCOCC(COC1OC(COC2OC(CO)C(O)C(O)C2O)C(O)C(O)C1O)OC(=O)CCCCCCCCCCC/C=C\CCCCCCCCCC. The van der Waals surface area contributed by atoms with Crippen LogP contribution < -0.4 is 0 Å². The van der Waals surface area contributed by atoms with Crippen LogP contribution in [0, 0.1) is 0 Å². The van der Waals surface area contributed by atoms with Gasteiger partial charge in [-0.25, -0.2) is 0 Å². The first-order valence-electron chi connectivity index (χ1n) is 30.9. The number of ether oxygens (including phenoxy) is 6. The number of esters is 1. The Morgan fingerprint density at radius 1 is 0.442 bits per heavy atom. The molecule has 2 saturated heterocycles. The van der Waals surface area contributed by atoms with E-state index in [0.29, 0.717) is 13.0 Å². The molecule has 0 amide bonds. The quantitative estimate of drug-likeness (QED) is 0.0172. The van der Waals surface area contributed by atoms with E-state index in [1.165, 1.54) is 135 Å². The lowest BCUT2D eigenvalue weighted by atomic mass is 9.98. The fourth-order valence-electron chi connectivity index (χ4n) is 9.57. The molecule has 0 bridgehead atoms. The Morgan fingerprint density at radius 2 is 0.844 bits per heavy atom. The van der Waals surface area contributed by atoms with Gasteiger partial charge in [0.05, 0.1) is 26.4 Å². The highest BCUT2D eigenvalue weighted by atomic mass is 16.7. The van der Waals surface area contributed by atoms with E-state index in [1.807, 2.05) is 0 Å². The van der Waals surface area contributed by atoms with Crippen molar-refractivity contribution in [2.24, 2.45) is 0 Å². The summed E-state index contributed by atoms with van der Waals surface area (Å²) in [5.41, 5.74) is 0. The van der Waals surface area contributed by atoms with Crippen molar-refractivity contribution in [2.75, 3.05) is 33.0 Å². The molecule has 0 radical (unpaired) electrons. The summed E-state index contributed by atoms with van der Waals surface area (Å²) in [6.45, 7) is 3.59. The second-order valence-electron chi connectivity index (χ2n) is 21.5.